The summed E-state index contributed by atoms with van der Waals surface area (Å²) in [6.07, 6.45) is 4.53. The molecule has 0 unspecified atom stereocenters. The van der Waals surface area contributed by atoms with E-state index in [9.17, 15) is 9.59 Å². The van der Waals surface area contributed by atoms with E-state index in [1.807, 2.05) is 0 Å². The molecule has 88 valence electrons. The molecule has 0 aliphatic rings. The lowest BCUT2D eigenvalue weighted by Gasteiger charge is -2.19. The number of hydroxylamine groups is 2. The number of amides is 2. The van der Waals surface area contributed by atoms with Gasteiger partial charge in [0.1, 0.15) is 6.67 Å². The molecule has 0 heterocycles. The molecule has 2 amide bonds. The van der Waals surface area contributed by atoms with Crippen LogP contribution in [0.25, 0.3) is 0 Å². The number of rotatable bonds is 8. The number of nitrogens with two attached hydrogens (primary N) is 1. The Morgan fingerprint density at radius 1 is 1.40 bits per heavy atom. The van der Waals surface area contributed by atoms with Crippen molar-refractivity contribution in [3.8, 4) is 0 Å². The maximum atomic E-state index is 11.3. The van der Waals surface area contributed by atoms with E-state index in [4.69, 9.17) is 11.0 Å². The van der Waals surface area contributed by atoms with Gasteiger partial charge in [0.2, 0.25) is 12.3 Å². The first kappa shape index (κ1) is 13.9. The minimum Gasteiger partial charge on any atom is -0.284 e. The summed E-state index contributed by atoms with van der Waals surface area (Å²) in [5.41, 5.74) is 0. The van der Waals surface area contributed by atoms with Crippen molar-refractivity contribution in [3.05, 3.63) is 0 Å². The quantitative estimate of drug-likeness (QED) is 0.118. The van der Waals surface area contributed by atoms with E-state index < -0.39 is 0 Å². The Balaban J connectivity index is 3.64. The summed E-state index contributed by atoms with van der Waals surface area (Å²) in [4.78, 5) is 21.3. The fourth-order valence-electron chi connectivity index (χ4n) is 1.11. The zero-order valence-corrected chi connectivity index (χ0v) is 9.06. The summed E-state index contributed by atoms with van der Waals surface area (Å²) in [6.45, 7) is 1.79. The summed E-state index contributed by atoms with van der Waals surface area (Å²) in [7, 11) is 0. The number of carbonyl (C=O) groups is 2. The van der Waals surface area contributed by atoms with E-state index in [-0.39, 0.29) is 19.0 Å². The normalized spacial score (nSPS) is 9.80. The molecule has 0 atom stereocenters. The maximum Gasteiger partial charge on any atom is 0.238 e. The highest BCUT2D eigenvalue weighted by Gasteiger charge is 2.10. The summed E-state index contributed by atoms with van der Waals surface area (Å²) in [5.74, 6) is 5.06. The van der Waals surface area contributed by atoms with Gasteiger partial charge in [0.05, 0.1) is 0 Å². The van der Waals surface area contributed by atoms with Crippen molar-refractivity contribution in [1.29, 1.82) is 0 Å². The van der Waals surface area contributed by atoms with Gasteiger partial charge in [-0.15, -0.1) is 0 Å². The Morgan fingerprint density at radius 3 is 2.60 bits per heavy atom. The van der Waals surface area contributed by atoms with Gasteiger partial charge in [-0.3, -0.25) is 19.8 Å². The molecule has 0 rings (SSSR count). The van der Waals surface area contributed by atoms with Gasteiger partial charge in [-0.25, -0.2) is 10.9 Å². The molecule has 0 saturated carbocycles. The Morgan fingerprint density at radius 2 is 2.07 bits per heavy atom. The fraction of sp³-hybridized carbons (Fsp3) is 0.778. The highest BCUT2D eigenvalue weighted by atomic mass is 16.5. The summed E-state index contributed by atoms with van der Waals surface area (Å²) >= 11 is 0. The van der Waals surface area contributed by atoms with Crippen molar-refractivity contribution >= 4 is 12.3 Å². The molecule has 0 aliphatic carbocycles. The minimum atomic E-state index is -0.296. The standard InChI is InChI=1S/C9H19N3O3/c1-2-3-4-5-6-9(14)12(10)7-11(15)8-13/h8,15H,2-7,10H2,1H3. The van der Waals surface area contributed by atoms with Crippen molar-refractivity contribution in [2.75, 3.05) is 6.67 Å². The third-order valence-electron chi connectivity index (χ3n) is 1.98. The first-order valence-electron chi connectivity index (χ1n) is 5.07. The van der Waals surface area contributed by atoms with E-state index in [1.165, 1.54) is 0 Å². The van der Waals surface area contributed by atoms with Crippen LogP contribution in [0.3, 0.4) is 0 Å². The molecule has 0 bridgehead atoms. The third kappa shape index (κ3) is 6.87. The summed E-state index contributed by atoms with van der Waals surface area (Å²) in [6, 6.07) is 0. The molecule has 0 aromatic heterocycles. The van der Waals surface area contributed by atoms with Crippen molar-refractivity contribution in [2.45, 2.75) is 39.0 Å². The van der Waals surface area contributed by atoms with Gasteiger partial charge in [0.25, 0.3) is 0 Å². The van der Waals surface area contributed by atoms with Gasteiger partial charge in [0.15, 0.2) is 0 Å². The molecular formula is C9H19N3O3. The molecular weight excluding hydrogens is 198 g/mol. The molecule has 15 heavy (non-hydrogen) atoms. The number of unbranched alkanes of at least 4 members (excludes halogenated alkanes) is 3. The van der Waals surface area contributed by atoms with Gasteiger partial charge in [-0.1, -0.05) is 26.2 Å². The molecule has 0 aromatic carbocycles. The van der Waals surface area contributed by atoms with E-state index in [0.29, 0.717) is 11.5 Å². The lowest BCUT2D eigenvalue weighted by atomic mass is 10.1. The van der Waals surface area contributed by atoms with Crippen LogP contribution in [0.1, 0.15) is 39.0 Å². The van der Waals surface area contributed by atoms with Crippen LogP contribution in [0.2, 0.25) is 0 Å². The van der Waals surface area contributed by atoms with Crippen LogP contribution in [0.5, 0.6) is 0 Å². The van der Waals surface area contributed by atoms with E-state index >= 15 is 0 Å². The van der Waals surface area contributed by atoms with Gasteiger partial charge in [-0.05, 0) is 6.42 Å². The van der Waals surface area contributed by atoms with Crippen LogP contribution in [-0.4, -0.2) is 34.3 Å². The smallest absolute Gasteiger partial charge is 0.238 e. The Bertz CT molecular complexity index is 199. The largest absolute Gasteiger partial charge is 0.284 e. The van der Waals surface area contributed by atoms with Crippen molar-refractivity contribution in [3.63, 3.8) is 0 Å². The summed E-state index contributed by atoms with van der Waals surface area (Å²) < 4.78 is 0. The molecule has 0 radical (unpaired) electrons. The van der Waals surface area contributed by atoms with Crippen LogP contribution in [0.15, 0.2) is 0 Å². The maximum absolute atomic E-state index is 11.3. The zero-order valence-electron chi connectivity index (χ0n) is 9.06. The second-order valence-electron chi connectivity index (χ2n) is 3.36. The number of hydrazine groups is 1. The van der Waals surface area contributed by atoms with Gasteiger partial charge >= 0.3 is 0 Å². The van der Waals surface area contributed by atoms with Gasteiger partial charge < -0.3 is 0 Å². The van der Waals surface area contributed by atoms with Crippen molar-refractivity contribution in [2.24, 2.45) is 5.84 Å². The van der Waals surface area contributed by atoms with Gasteiger partial charge in [0, 0.05) is 6.42 Å². The first-order chi connectivity index (χ1) is 7.11. The fourth-order valence-corrected chi connectivity index (χ4v) is 1.11. The molecule has 3 N–H and O–H groups in total. The second-order valence-corrected chi connectivity index (χ2v) is 3.36. The SMILES string of the molecule is CCCCCCC(=O)N(N)CN(O)C=O. The Kier molecular flexibility index (Phi) is 7.57. The average Bonchev–Trinajstić information content (AvgIpc) is 2.23. The molecule has 6 heteroatoms. The van der Waals surface area contributed by atoms with Crippen LogP contribution in [0.4, 0.5) is 0 Å². The lowest BCUT2D eigenvalue weighted by Crippen LogP contribution is -2.44. The predicted molar refractivity (Wildman–Crippen MR) is 54.3 cm³/mol. The minimum absolute atomic E-state index is 0.199. The Hall–Kier alpha value is -1.14. The molecule has 0 spiro atoms. The molecule has 0 fully saturated rings. The number of hydrogen-bond acceptors (Lipinski definition) is 4. The highest BCUT2D eigenvalue weighted by molar-refractivity contribution is 5.75. The molecule has 0 saturated heterocycles. The second kappa shape index (κ2) is 8.19. The van der Waals surface area contributed by atoms with Crippen molar-refractivity contribution in [1.82, 2.24) is 10.1 Å². The molecule has 0 aliphatic heterocycles. The molecule has 6 nitrogen and oxygen atoms in total. The summed E-state index contributed by atoms with van der Waals surface area (Å²) in [5, 5.41) is 9.94. The van der Waals surface area contributed by atoms with Gasteiger partial charge in [-0.2, -0.15) is 0 Å². The molecule has 0 aromatic rings. The van der Waals surface area contributed by atoms with Crippen LogP contribution >= 0.6 is 0 Å². The van der Waals surface area contributed by atoms with Crippen LogP contribution in [0, 0.1) is 0 Å². The first-order valence-corrected chi connectivity index (χ1v) is 5.07. The topological polar surface area (TPSA) is 86.9 Å². The highest BCUT2D eigenvalue weighted by Crippen LogP contribution is 2.03. The number of hydrogen-bond donors (Lipinski definition) is 2. The zero-order chi connectivity index (χ0) is 11.7. The predicted octanol–water partition coefficient (Wildman–Crippen LogP) is 0.464. The number of carbonyl (C=O) groups excluding carboxylic acids is 2. The Labute approximate surface area is 89.6 Å². The van der Waals surface area contributed by atoms with E-state index in [2.05, 4.69) is 6.92 Å². The third-order valence-corrected chi connectivity index (χ3v) is 1.98. The number of nitrogens with zero attached hydrogens (tertiary/aromatic N) is 2. The van der Waals surface area contributed by atoms with Crippen LogP contribution < -0.4 is 5.84 Å². The van der Waals surface area contributed by atoms with E-state index in [1.54, 1.807) is 0 Å². The average molecular weight is 217 g/mol. The van der Waals surface area contributed by atoms with E-state index in [0.717, 1.165) is 30.7 Å². The van der Waals surface area contributed by atoms with Crippen LogP contribution in [-0.2, 0) is 9.59 Å². The lowest BCUT2D eigenvalue weighted by molar-refractivity contribution is -0.164. The monoisotopic (exact) mass is 217 g/mol. The van der Waals surface area contributed by atoms with Crippen molar-refractivity contribution < 1.29 is 14.8 Å².